The molecule has 0 aliphatic carbocycles. The maximum Gasteiger partial charge on any atom is 0.256 e. The third-order valence-corrected chi connectivity index (χ3v) is 5.93. The van der Waals surface area contributed by atoms with Crippen molar-refractivity contribution in [2.45, 2.75) is 51.1 Å². The Kier molecular flexibility index (Phi) is 6.93. The van der Waals surface area contributed by atoms with Crippen LogP contribution in [-0.2, 0) is 4.79 Å². The van der Waals surface area contributed by atoms with Gasteiger partial charge in [-0.1, -0.05) is 24.3 Å². The van der Waals surface area contributed by atoms with E-state index < -0.39 is 0 Å². The summed E-state index contributed by atoms with van der Waals surface area (Å²) in [5.74, 6) is 0.313. The highest BCUT2D eigenvalue weighted by Crippen LogP contribution is 2.33. The summed E-state index contributed by atoms with van der Waals surface area (Å²) in [5.41, 5.74) is 2.82. The van der Waals surface area contributed by atoms with E-state index in [9.17, 15) is 9.59 Å². The lowest BCUT2D eigenvalue weighted by molar-refractivity contribution is -0.117. The second-order valence-corrected chi connectivity index (χ2v) is 8.03. The summed E-state index contributed by atoms with van der Waals surface area (Å²) in [6.45, 7) is 1.88. The fourth-order valence-electron chi connectivity index (χ4n) is 4.54. The van der Waals surface area contributed by atoms with Gasteiger partial charge in [0, 0.05) is 35.4 Å². The van der Waals surface area contributed by atoms with E-state index in [1.54, 1.807) is 6.07 Å². The summed E-state index contributed by atoms with van der Waals surface area (Å²) in [6, 6.07) is 16.0. The van der Waals surface area contributed by atoms with Gasteiger partial charge in [-0.05, 0) is 68.4 Å². The van der Waals surface area contributed by atoms with Crippen LogP contribution >= 0.6 is 12.4 Å². The van der Waals surface area contributed by atoms with Gasteiger partial charge in [-0.2, -0.15) is 0 Å². The molecule has 6 heteroatoms. The highest BCUT2D eigenvalue weighted by Gasteiger charge is 2.34. The maximum absolute atomic E-state index is 12.6. The number of benzene rings is 2. The van der Waals surface area contributed by atoms with Gasteiger partial charge in [-0.3, -0.25) is 9.59 Å². The molecule has 2 bridgehead atoms. The Bertz CT molecular complexity index is 860. The Hall–Kier alpha value is -2.37. The number of anilines is 2. The number of amides is 2. The van der Waals surface area contributed by atoms with E-state index >= 15 is 0 Å². The summed E-state index contributed by atoms with van der Waals surface area (Å²) >= 11 is 0. The lowest BCUT2D eigenvalue weighted by atomic mass is 9.89. The van der Waals surface area contributed by atoms with Gasteiger partial charge in [0.15, 0.2) is 0 Å². The molecular weight excluding hydrogens is 386 g/mol. The number of piperidine rings is 1. The van der Waals surface area contributed by atoms with E-state index in [4.69, 9.17) is 0 Å². The number of halogens is 1. The molecule has 2 aromatic rings. The zero-order valence-electron chi connectivity index (χ0n) is 16.6. The fraction of sp³-hybridized carbons (Fsp3) is 0.391. The van der Waals surface area contributed by atoms with Crippen LogP contribution in [0.4, 0.5) is 11.4 Å². The first-order valence-corrected chi connectivity index (χ1v) is 10.1. The van der Waals surface area contributed by atoms with Crippen molar-refractivity contribution in [3.8, 4) is 0 Å². The van der Waals surface area contributed by atoms with Crippen molar-refractivity contribution in [2.75, 3.05) is 10.6 Å². The molecule has 0 aromatic heterocycles. The Morgan fingerprint density at radius 3 is 2.34 bits per heavy atom. The Labute approximate surface area is 178 Å². The van der Waals surface area contributed by atoms with Gasteiger partial charge in [0.2, 0.25) is 5.91 Å². The van der Waals surface area contributed by atoms with Gasteiger partial charge >= 0.3 is 0 Å². The van der Waals surface area contributed by atoms with E-state index in [2.05, 4.69) is 16.0 Å². The van der Waals surface area contributed by atoms with E-state index in [0.717, 1.165) is 24.1 Å². The zero-order chi connectivity index (χ0) is 19.5. The largest absolute Gasteiger partial charge is 0.326 e. The molecule has 4 rings (SSSR count). The number of hydrogen-bond acceptors (Lipinski definition) is 3. The normalized spacial score (nSPS) is 22.4. The van der Waals surface area contributed by atoms with E-state index in [1.165, 1.54) is 12.8 Å². The number of rotatable bonds is 5. The number of hydrogen-bond donors (Lipinski definition) is 3. The van der Waals surface area contributed by atoms with Crippen molar-refractivity contribution in [1.82, 2.24) is 5.32 Å². The van der Waals surface area contributed by atoms with Gasteiger partial charge < -0.3 is 16.0 Å². The molecule has 2 unspecified atom stereocenters. The second kappa shape index (κ2) is 9.42. The Morgan fingerprint density at radius 1 is 0.966 bits per heavy atom. The average Bonchev–Trinajstić information content (AvgIpc) is 3.02. The SMILES string of the molecule is Cc1c(NC(=O)CC2CC3CCC(C2)N3)cccc1C(=O)Nc1ccccc1.Cl. The smallest absolute Gasteiger partial charge is 0.256 e. The third-order valence-electron chi connectivity index (χ3n) is 5.93. The molecule has 2 aromatic carbocycles. The quantitative estimate of drug-likeness (QED) is 0.674. The number of carbonyl (C=O) groups excluding carboxylic acids is 2. The molecule has 2 fully saturated rings. The molecule has 2 saturated heterocycles. The third kappa shape index (κ3) is 5.17. The van der Waals surface area contributed by atoms with Crippen LogP contribution in [0.1, 0.15) is 48.0 Å². The molecule has 29 heavy (non-hydrogen) atoms. The minimum absolute atomic E-state index is 0. The van der Waals surface area contributed by atoms with Crippen LogP contribution in [0.5, 0.6) is 0 Å². The van der Waals surface area contributed by atoms with Crippen molar-refractivity contribution >= 4 is 35.6 Å². The highest BCUT2D eigenvalue weighted by molar-refractivity contribution is 6.06. The summed E-state index contributed by atoms with van der Waals surface area (Å²) in [7, 11) is 0. The summed E-state index contributed by atoms with van der Waals surface area (Å²) in [5, 5.41) is 9.55. The Balaban J connectivity index is 0.00000240. The molecule has 0 saturated carbocycles. The van der Waals surface area contributed by atoms with Crippen molar-refractivity contribution in [2.24, 2.45) is 5.92 Å². The molecule has 0 spiro atoms. The molecule has 2 atom stereocenters. The second-order valence-electron chi connectivity index (χ2n) is 8.03. The van der Waals surface area contributed by atoms with Gasteiger partial charge in [0.05, 0.1) is 0 Å². The topological polar surface area (TPSA) is 70.2 Å². The van der Waals surface area contributed by atoms with E-state index in [1.807, 2.05) is 49.4 Å². The molecule has 2 aliphatic heterocycles. The predicted octanol–water partition coefficient (Wildman–Crippen LogP) is 4.53. The van der Waals surface area contributed by atoms with Crippen LogP contribution in [0.2, 0.25) is 0 Å². The van der Waals surface area contributed by atoms with Gasteiger partial charge in [-0.15, -0.1) is 12.4 Å². The lowest BCUT2D eigenvalue weighted by Gasteiger charge is -2.28. The van der Waals surface area contributed by atoms with Crippen LogP contribution < -0.4 is 16.0 Å². The standard InChI is InChI=1S/C23H27N3O2.ClH/c1-15-20(23(28)25-17-6-3-2-4-7-17)8-5-9-21(15)26-22(27)14-16-12-18-10-11-19(13-16)24-18;/h2-9,16,18-19,24H,10-14H2,1H3,(H,25,28)(H,26,27);1H. The van der Waals surface area contributed by atoms with Crippen molar-refractivity contribution in [3.63, 3.8) is 0 Å². The minimum Gasteiger partial charge on any atom is -0.326 e. The number of fused-ring (bicyclic) bond motifs is 2. The van der Waals surface area contributed by atoms with Crippen molar-refractivity contribution in [3.05, 3.63) is 59.7 Å². The first kappa shape index (κ1) is 21.3. The summed E-state index contributed by atoms with van der Waals surface area (Å²) in [4.78, 5) is 25.2. The first-order chi connectivity index (χ1) is 13.6. The molecule has 0 radical (unpaired) electrons. The zero-order valence-corrected chi connectivity index (χ0v) is 17.4. The summed E-state index contributed by atoms with van der Waals surface area (Å²) < 4.78 is 0. The van der Waals surface area contributed by atoms with Crippen LogP contribution in [0.15, 0.2) is 48.5 Å². The first-order valence-electron chi connectivity index (χ1n) is 10.1. The molecular formula is C23H28ClN3O2. The van der Waals surface area contributed by atoms with Crippen LogP contribution in [0, 0.1) is 12.8 Å². The van der Waals surface area contributed by atoms with Crippen molar-refractivity contribution < 1.29 is 9.59 Å². The minimum atomic E-state index is -0.172. The molecule has 154 valence electrons. The molecule has 2 heterocycles. The predicted molar refractivity (Wildman–Crippen MR) is 119 cm³/mol. The van der Waals surface area contributed by atoms with E-state index in [0.29, 0.717) is 35.7 Å². The molecule has 2 amide bonds. The fourth-order valence-corrected chi connectivity index (χ4v) is 4.54. The van der Waals surface area contributed by atoms with Gasteiger partial charge in [0.25, 0.3) is 5.91 Å². The van der Waals surface area contributed by atoms with Crippen LogP contribution in [0.3, 0.4) is 0 Å². The monoisotopic (exact) mass is 413 g/mol. The van der Waals surface area contributed by atoms with Gasteiger partial charge in [0.1, 0.15) is 0 Å². The highest BCUT2D eigenvalue weighted by atomic mass is 35.5. The maximum atomic E-state index is 12.6. The number of carbonyl (C=O) groups is 2. The Morgan fingerprint density at radius 2 is 1.66 bits per heavy atom. The molecule has 3 N–H and O–H groups in total. The molecule has 2 aliphatic rings. The lowest BCUT2D eigenvalue weighted by Crippen LogP contribution is -2.39. The van der Waals surface area contributed by atoms with Crippen LogP contribution in [-0.4, -0.2) is 23.9 Å². The van der Waals surface area contributed by atoms with Crippen LogP contribution in [0.25, 0.3) is 0 Å². The average molecular weight is 414 g/mol. The van der Waals surface area contributed by atoms with E-state index in [-0.39, 0.29) is 24.2 Å². The summed E-state index contributed by atoms with van der Waals surface area (Å²) in [6.07, 6.45) is 5.19. The number of para-hydroxylation sites is 1. The number of nitrogens with one attached hydrogen (secondary N) is 3. The molecule has 5 nitrogen and oxygen atoms in total. The van der Waals surface area contributed by atoms with Crippen molar-refractivity contribution in [1.29, 1.82) is 0 Å². The van der Waals surface area contributed by atoms with Gasteiger partial charge in [-0.25, -0.2) is 0 Å².